The van der Waals surface area contributed by atoms with Crippen molar-refractivity contribution >= 4 is 50.6 Å². The van der Waals surface area contributed by atoms with Gasteiger partial charge in [0.15, 0.2) is 5.69 Å². The van der Waals surface area contributed by atoms with Gasteiger partial charge in [-0.25, -0.2) is 4.85 Å². The van der Waals surface area contributed by atoms with Crippen LogP contribution in [0.3, 0.4) is 0 Å². The Kier molecular flexibility index (Phi) is 5.43. The molecular formula is C50H27BN2O2. The van der Waals surface area contributed by atoms with Crippen molar-refractivity contribution in [3.63, 3.8) is 0 Å². The second kappa shape index (κ2) is 10.2. The zero-order valence-corrected chi connectivity index (χ0v) is 29.4. The first kappa shape index (κ1) is 29.2. The van der Waals surface area contributed by atoms with Crippen molar-refractivity contribution in [2.24, 2.45) is 0 Å². The van der Waals surface area contributed by atoms with E-state index in [0.717, 1.165) is 66.9 Å². The van der Waals surface area contributed by atoms with Crippen molar-refractivity contribution in [3.8, 4) is 50.9 Å². The van der Waals surface area contributed by atoms with Crippen molar-refractivity contribution < 1.29 is 9.47 Å². The smallest absolute Gasteiger partial charge is 0.260 e. The fourth-order valence-corrected chi connectivity index (χ4v) is 10.4. The van der Waals surface area contributed by atoms with E-state index in [1.54, 1.807) is 0 Å². The average Bonchev–Trinajstić information content (AvgIpc) is 3.83. The largest absolute Gasteiger partial charge is 0.458 e. The maximum Gasteiger partial charge on any atom is 0.260 e. The lowest BCUT2D eigenvalue weighted by atomic mass is 9.35. The number of rotatable bonds is 1. The van der Waals surface area contributed by atoms with E-state index in [4.69, 9.17) is 16.0 Å². The minimum absolute atomic E-state index is 0.00235. The monoisotopic (exact) mass is 698 g/mol. The molecule has 4 nitrogen and oxygen atoms in total. The number of para-hydroxylation sites is 2. The summed E-state index contributed by atoms with van der Waals surface area (Å²) < 4.78 is 15.9. The summed E-state index contributed by atoms with van der Waals surface area (Å²) in [6, 6.07) is 58.7. The van der Waals surface area contributed by atoms with Gasteiger partial charge in [-0.1, -0.05) is 115 Å². The molecular weight excluding hydrogens is 671 g/mol. The lowest BCUT2D eigenvalue weighted by Gasteiger charge is -2.33. The highest BCUT2D eigenvalue weighted by Gasteiger charge is 2.52. The van der Waals surface area contributed by atoms with Gasteiger partial charge in [-0.3, -0.25) is 0 Å². The summed E-state index contributed by atoms with van der Waals surface area (Å²) >= 11 is 0. The van der Waals surface area contributed by atoms with Crippen LogP contribution in [0.2, 0.25) is 0 Å². The zero-order chi connectivity index (χ0) is 36.0. The SMILES string of the molecule is [C-]#[N+]c1ccc2c(c1)c1cc3c(cc1n2-c1cc2c4c(c1)Oc1ccccc1B4c1ccccc1O2)C1(c2ccccc2-c2ccccc21)c1ccccc1-3. The van der Waals surface area contributed by atoms with Crippen LogP contribution in [0.25, 0.3) is 54.6 Å². The third-order valence-corrected chi connectivity index (χ3v) is 12.5. The Morgan fingerprint density at radius 1 is 0.473 bits per heavy atom. The maximum absolute atomic E-state index is 7.95. The molecule has 252 valence electrons. The third-order valence-electron chi connectivity index (χ3n) is 12.5. The highest BCUT2D eigenvalue weighted by atomic mass is 16.5. The van der Waals surface area contributed by atoms with Crippen LogP contribution < -0.4 is 25.9 Å². The molecule has 1 aromatic heterocycles. The first-order chi connectivity index (χ1) is 27.2. The molecule has 0 saturated carbocycles. The summed E-state index contributed by atoms with van der Waals surface area (Å²) in [4.78, 5) is 3.87. The molecule has 0 radical (unpaired) electrons. The van der Waals surface area contributed by atoms with Crippen LogP contribution in [-0.4, -0.2) is 11.3 Å². The van der Waals surface area contributed by atoms with Gasteiger partial charge < -0.3 is 14.0 Å². The van der Waals surface area contributed by atoms with Gasteiger partial charge in [0.2, 0.25) is 0 Å². The first-order valence-electron chi connectivity index (χ1n) is 18.7. The van der Waals surface area contributed by atoms with Gasteiger partial charge in [0.1, 0.15) is 23.0 Å². The Bertz CT molecular complexity index is 3140. The summed E-state index contributed by atoms with van der Waals surface area (Å²) in [5.74, 6) is 3.31. The summed E-state index contributed by atoms with van der Waals surface area (Å²) in [5.41, 5.74) is 16.7. The second-order valence-electron chi connectivity index (χ2n) is 15.0. The molecule has 0 bridgehead atoms. The predicted octanol–water partition coefficient (Wildman–Crippen LogP) is 10.4. The van der Waals surface area contributed by atoms with Gasteiger partial charge in [0.25, 0.3) is 6.71 Å². The van der Waals surface area contributed by atoms with E-state index < -0.39 is 5.41 Å². The molecule has 8 aromatic carbocycles. The van der Waals surface area contributed by atoms with Crippen molar-refractivity contribution in [1.29, 1.82) is 0 Å². The van der Waals surface area contributed by atoms with Crippen molar-refractivity contribution in [2.75, 3.05) is 0 Å². The van der Waals surface area contributed by atoms with Crippen LogP contribution in [0.4, 0.5) is 5.69 Å². The first-order valence-corrected chi connectivity index (χ1v) is 18.7. The van der Waals surface area contributed by atoms with E-state index in [1.165, 1.54) is 44.5 Å². The molecule has 0 amide bonds. The Morgan fingerprint density at radius 3 is 1.60 bits per heavy atom. The molecule has 2 aliphatic heterocycles. The molecule has 55 heavy (non-hydrogen) atoms. The molecule has 3 heterocycles. The van der Waals surface area contributed by atoms with Crippen molar-refractivity contribution in [1.82, 2.24) is 4.57 Å². The van der Waals surface area contributed by atoms with Gasteiger partial charge >= 0.3 is 0 Å². The summed E-state index contributed by atoms with van der Waals surface area (Å²) in [7, 11) is 0. The summed E-state index contributed by atoms with van der Waals surface area (Å²) in [5, 5.41) is 2.14. The molecule has 1 spiro atoms. The third kappa shape index (κ3) is 3.53. The van der Waals surface area contributed by atoms with E-state index in [0.29, 0.717) is 5.69 Å². The molecule has 2 aliphatic carbocycles. The van der Waals surface area contributed by atoms with Gasteiger partial charge in [-0.2, -0.15) is 0 Å². The number of hydrogen-bond acceptors (Lipinski definition) is 2. The van der Waals surface area contributed by atoms with Gasteiger partial charge in [-0.05, 0) is 97.2 Å². The molecule has 9 aromatic rings. The Balaban J connectivity index is 1.14. The summed E-state index contributed by atoms with van der Waals surface area (Å²) in [6.45, 7) is 7.95. The van der Waals surface area contributed by atoms with Crippen molar-refractivity contribution in [3.05, 3.63) is 197 Å². The zero-order valence-electron chi connectivity index (χ0n) is 29.4. The van der Waals surface area contributed by atoms with E-state index in [9.17, 15) is 0 Å². The van der Waals surface area contributed by atoms with E-state index in [1.807, 2.05) is 24.3 Å². The lowest BCUT2D eigenvalue weighted by molar-refractivity contribution is 0.464. The van der Waals surface area contributed by atoms with E-state index in [2.05, 4.69) is 149 Å². The number of nitrogens with zero attached hydrogens (tertiary/aromatic N) is 2. The second-order valence-corrected chi connectivity index (χ2v) is 15.0. The quantitative estimate of drug-likeness (QED) is 0.126. The highest BCUT2D eigenvalue weighted by Crippen LogP contribution is 2.63. The number of ether oxygens (including phenoxy) is 2. The minimum atomic E-state index is -0.481. The van der Waals surface area contributed by atoms with Gasteiger partial charge in [0.05, 0.1) is 28.7 Å². The van der Waals surface area contributed by atoms with Crippen molar-refractivity contribution in [2.45, 2.75) is 5.41 Å². The number of aromatic nitrogens is 1. The highest BCUT2D eigenvalue weighted by molar-refractivity contribution is 6.98. The van der Waals surface area contributed by atoms with Crippen LogP contribution in [0.1, 0.15) is 22.3 Å². The number of fused-ring (bicyclic) bond motifs is 17. The standard InChI is InChI=1S/C50H27BN2O2/c1-52-29-22-23-43-35(24-29)36-27-34-33-14-4-7-17-39(33)50(37-15-5-2-12-31(37)32-13-3-6-16-38(32)50)40(34)28-44(36)53(43)30-25-47-49-48(26-30)55-46-21-11-9-19-42(46)51(49)41-18-8-10-20-45(41)54-47/h2-28H. The van der Waals surface area contributed by atoms with E-state index >= 15 is 0 Å². The number of benzene rings is 8. The Morgan fingerprint density at radius 2 is 1.00 bits per heavy atom. The average molecular weight is 699 g/mol. The Labute approximate surface area is 317 Å². The van der Waals surface area contributed by atoms with Crippen LogP contribution >= 0.6 is 0 Å². The molecule has 5 heteroatoms. The fourth-order valence-electron chi connectivity index (χ4n) is 10.4. The lowest BCUT2D eigenvalue weighted by Crippen LogP contribution is -2.57. The molecule has 4 aliphatic rings. The Hall–Kier alpha value is -7.29. The molecule has 0 fully saturated rings. The molecule has 0 saturated heterocycles. The van der Waals surface area contributed by atoms with Gasteiger partial charge in [0, 0.05) is 23.0 Å². The van der Waals surface area contributed by atoms with Crippen LogP contribution in [0.15, 0.2) is 164 Å². The maximum atomic E-state index is 7.95. The normalized spacial score (nSPS) is 14.2. The van der Waals surface area contributed by atoms with Gasteiger partial charge in [-0.15, -0.1) is 0 Å². The van der Waals surface area contributed by atoms with Crippen LogP contribution in [0.5, 0.6) is 23.0 Å². The summed E-state index contributed by atoms with van der Waals surface area (Å²) in [6.07, 6.45) is 0. The fraction of sp³-hybridized carbons (Fsp3) is 0.0200. The van der Waals surface area contributed by atoms with E-state index in [-0.39, 0.29) is 6.71 Å². The minimum Gasteiger partial charge on any atom is -0.458 e. The molecule has 0 unspecified atom stereocenters. The number of hydrogen-bond donors (Lipinski definition) is 0. The van der Waals surface area contributed by atoms with Crippen LogP contribution in [0, 0.1) is 6.57 Å². The molecule has 0 atom stereocenters. The van der Waals surface area contributed by atoms with Crippen LogP contribution in [-0.2, 0) is 5.41 Å². The topological polar surface area (TPSA) is 27.8 Å². The molecule has 0 N–H and O–H groups in total. The molecule has 13 rings (SSSR count). The predicted molar refractivity (Wildman–Crippen MR) is 221 cm³/mol.